The number of benzene rings is 1. The zero-order chi connectivity index (χ0) is 31.3. The molecule has 3 saturated heterocycles. The number of carbonyl (C=O) groups excluding carboxylic acids is 4. The number of esters is 4. The third kappa shape index (κ3) is 8.71. The molecule has 238 valence electrons. The summed E-state index contributed by atoms with van der Waals surface area (Å²) in [6, 6.07) is 9.57. The fourth-order valence-corrected chi connectivity index (χ4v) is 5.17. The zero-order valence-corrected chi connectivity index (χ0v) is 24.9. The summed E-state index contributed by atoms with van der Waals surface area (Å²) in [6.45, 7) is 7.84. The van der Waals surface area contributed by atoms with E-state index in [4.69, 9.17) is 47.4 Å². The van der Waals surface area contributed by atoms with Crippen LogP contribution in [0.1, 0.15) is 47.1 Å². The second kappa shape index (κ2) is 14.1. The van der Waals surface area contributed by atoms with E-state index in [0.717, 1.165) is 33.3 Å². The summed E-state index contributed by atoms with van der Waals surface area (Å²) in [4.78, 5) is 47.7. The van der Waals surface area contributed by atoms with Gasteiger partial charge in [-0.2, -0.15) is 0 Å². The average Bonchev–Trinajstić information content (AvgIpc) is 3.60. The molecule has 1 aromatic carbocycles. The minimum absolute atomic E-state index is 0.0316. The van der Waals surface area contributed by atoms with Crippen molar-refractivity contribution < 1.29 is 66.5 Å². The van der Waals surface area contributed by atoms with E-state index in [9.17, 15) is 19.2 Å². The van der Waals surface area contributed by atoms with E-state index in [1.54, 1.807) is 13.8 Å². The van der Waals surface area contributed by atoms with Crippen LogP contribution in [-0.2, 0) is 73.2 Å². The highest BCUT2D eigenvalue weighted by Gasteiger charge is 2.59. The van der Waals surface area contributed by atoms with Gasteiger partial charge < -0.3 is 47.4 Å². The summed E-state index contributed by atoms with van der Waals surface area (Å²) in [5.41, 5.74) is 0.938. The summed E-state index contributed by atoms with van der Waals surface area (Å²) in [5, 5.41) is 0. The van der Waals surface area contributed by atoms with E-state index in [1.807, 2.05) is 30.3 Å². The molecular weight excluding hydrogens is 572 g/mol. The van der Waals surface area contributed by atoms with Crippen LogP contribution in [0, 0.1) is 0 Å². The van der Waals surface area contributed by atoms with Crippen LogP contribution in [0.15, 0.2) is 30.3 Å². The van der Waals surface area contributed by atoms with Gasteiger partial charge in [0, 0.05) is 27.7 Å². The first-order chi connectivity index (χ1) is 20.3. The van der Waals surface area contributed by atoms with Crippen LogP contribution in [-0.4, -0.2) is 98.2 Å². The lowest BCUT2D eigenvalue weighted by molar-refractivity contribution is -0.242. The van der Waals surface area contributed by atoms with Gasteiger partial charge in [-0.25, -0.2) is 0 Å². The van der Waals surface area contributed by atoms with Crippen molar-refractivity contribution >= 4 is 23.9 Å². The third-order valence-corrected chi connectivity index (χ3v) is 6.74. The average molecular weight is 611 g/mol. The van der Waals surface area contributed by atoms with Gasteiger partial charge in [0.15, 0.2) is 36.7 Å². The molecule has 3 aliphatic heterocycles. The van der Waals surface area contributed by atoms with E-state index >= 15 is 0 Å². The van der Waals surface area contributed by atoms with Gasteiger partial charge in [0.2, 0.25) is 0 Å². The lowest BCUT2D eigenvalue weighted by Crippen LogP contribution is -2.52. The van der Waals surface area contributed by atoms with E-state index in [0.29, 0.717) is 0 Å². The molecule has 1 aromatic rings. The molecule has 9 atom stereocenters. The van der Waals surface area contributed by atoms with Crippen LogP contribution in [0.3, 0.4) is 0 Å². The quantitative estimate of drug-likeness (QED) is 0.248. The van der Waals surface area contributed by atoms with Crippen molar-refractivity contribution in [3.63, 3.8) is 0 Å². The molecule has 43 heavy (non-hydrogen) atoms. The number of hydrogen-bond donors (Lipinski definition) is 0. The first-order valence-corrected chi connectivity index (χ1v) is 13.9. The van der Waals surface area contributed by atoms with Crippen molar-refractivity contribution in [1.29, 1.82) is 0 Å². The first-order valence-electron chi connectivity index (χ1n) is 13.9. The Morgan fingerprint density at radius 3 is 2.16 bits per heavy atom. The summed E-state index contributed by atoms with van der Waals surface area (Å²) in [6.07, 6.45) is -8.97. The van der Waals surface area contributed by atoms with Gasteiger partial charge in [-0.05, 0) is 19.4 Å². The third-order valence-electron chi connectivity index (χ3n) is 6.74. The Morgan fingerprint density at radius 1 is 0.860 bits per heavy atom. The fourth-order valence-electron chi connectivity index (χ4n) is 5.17. The molecule has 3 aliphatic rings. The molecule has 0 aromatic heterocycles. The number of rotatable bonds is 12. The maximum absolute atomic E-state index is 12.2. The zero-order valence-electron chi connectivity index (χ0n) is 24.9. The molecular formula is C29H38O14. The van der Waals surface area contributed by atoms with Crippen molar-refractivity contribution in [2.45, 2.75) is 109 Å². The number of carbonyl (C=O) groups is 4. The summed E-state index contributed by atoms with van der Waals surface area (Å²) < 4.78 is 57.9. The van der Waals surface area contributed by atoms with Gasteiger partial charge >= 0.3 is 23.9 Å². The van der Waals surface area contributed by atoms with Gasteiger partial charge in [0.05, 0.1) is 13.2 Å². The lowest BCUT2D eigenvalue weighted by Gasteiger charge is -2.34. The molecule has 14 heteroatoms. The van der Waals surface area contributed by atoms with Crippen molar-refractivity contribution in [3.05, 3.63) is 35.9 Å². The highest BCUT2D eigenvalue weighted by molar-refractivity contribution is 5.68. The second-order valence-electron chi connectivity index (χ2n) is 10.8. The number of hydrogen-bond acceptors (Lipinski definition) is 14. The minimum atomic E-state index is -1.46. The summed E-state index contributed by atoms with van der Waals surface area (Å²) >= 11 is 0. The lowest BCUT2D eigenvalue weighted by atomic mass is 10.1. The molecule has 3 fully saturated rings. The molecule has 4 rings (SSSR count). The van der Waals surface area contributed by atoms with Crippen LogP contribution in [0.4, 0.5) is 0 Å². The Balaban J connectivity index is 1.55. The summed E-state index contributed by atoms with van der Waals surface area (Å²) in [5.74, 6) is -3.86. The molecule has 3 heterocycles. The highest BCUT2D eigenvalue weighted by Crippen LogP contribution is 2.42. The molecule has 0 saturated carbocycles. The molecule has 0 N–H and O–H groups in total. The molecule has 0 bridgehead atoms. The van der Waals surface area contributed by atoms with Crippen LogP contribution >= 0.6 is 0 Å². The van der Waals surface area contributed by atoms with E-state index < -0.39 is 91.6 Å². The summed E-state index contributed by atoms with van der Waals surface area (Å²) in [7, 11) is 0. The fraction of sp³-hybridized carbons (Fsp3) is 0.655. The highest BCUT2D eigenvalue weighted by atomic mass is 16.8. The van der Waals surface area contributed by atoms with Gasteiger partial charge in [-0.3, -0.25) is 19.2 Å². The largest absolute Gasteiger partial charge is 0.462 e. The molecule has 0 amide bonds. The maximum atomic E-state index is 12.2. The van der Waals surface area contributed by atoms with Gasteiger partial charge in [0.25, 0.3) is 0 Å². The normalized spacial score (nSPS) is 29.6. The van der Waals surface area contributed by atoms with Crippen molar-refractivity contribution in [1.82, 2.24) is 0 Å². The predicted octanol–water partition coefficient (Wildman–Crippen LogP) is 1.55. The molecule has 0 aliphatic carbocycles. The van der Waals surface area contributed by atoms with Gasteiger partial charge in [-0.15, -0.1) is 0 Å². The Kier molecular flexibility index (Phi) is 10.7. The Bertz CT molecular complexity index is 1140. The van der Waals surface area contributed by atoms with E-state index in [1.165, 1.54) is 0 Å². The van der Waals surface area contributed by atoms with Crippen LogP contribution in [0.2, 0.25) is 0 Å². The van der Waals surface area contributed by atoms with Crippen LogP contribution in [0.5, 0.6) is 0 Å². The van der Waals surface area contributed by atoms with Crippen LogP contribution < -0.4 is 0 Å². The molecule has 0 radical (unpaired) electrons. The molecule has 0 spiro atoms. The number of ether oxygens (including phenoxy) is 10. The smallest absolute Gasteiger partial charge is 0.303 e. The standard InChI is InChI=1S/C29H38O14/c1-15(30)34-13-20(37-16(2)31)23(38-17(3)32)25(39-18(4)33)27-36-14-21(40-27)22-24(35-12-19-10-8-7-9-11-19)26-28(41-22)43-29(5,6)42-26/h7-11,20-28H,12-14H2,1-6H3/t20-,21-,22-,23-,24+,25+,26-,27?,28-/m1/s1. The van der Waals surface area contributed by atoms with E-state index in [-0.39, 0.29) is 13.2 Å². The Hall–Kier alpha value is -3.14. The molecule has 14 nitrogen and oxygen atoms in total. The van der Waals surface area contributed by atoms with Crippen LogP contribution in [0.25, 0.3) is 0 Å². The van der Waals surface area contributed by atoms with Crippen molar-refractivity contribution in [2.24, 2.45) is 0 Å². The van der Waals surface area contributed by atoms with Crippen molar-refractivity contribution in [2.75, 3.05) is 13.2 Å². The van der Waals surface area contributed by atoms with Gasteiger partial charge in [0.1, 0.15) is 31.0 Å². The predicted molar refractivity (Wildman–Crippen MR) is 142 cm³/mol. The maximum Gasteiger partial charge on any atom is 0.303 e. The van der Waals surface area contributed by atoms with Crippen molar-refractivity contribution in [3.8, 4) is 0 Å². The second-order valence-corrected chi connectivity index (χ2v) is 10.8. The van der Waals surface area contributed by atoms with E-state index in [2.05, 4.69) is 0 Å². The topological polar surface area (TPSA) is 161 Å². The monoisotopic (exact) mass is 610 g/mol. The molecule has 1 unspecified atom stereocenters. The Morgan fingerprint density at radius 2 is 1.53 bits per heavy atom. The SMILES string of the molecule is CC(=O)OC[C@@H](OC(C)=O)[C@@H](OC(C)=O)[C@H](OC(C)=O)C1OC[C@H]([C@H]2O[C@@H]3OC(C)(C)O[C@@H]3[C@H]2OCc2ccccc2)O1. The minimum Gasteiger partial charge on any atom is -0.462 e. The first kappa shape index (κ1) is 32.8. The number of fused-ring (bicyclic) bond motifs is 1. The Labute approximate surface area is 249 Å². The van der Waals surface area contributed by atoms with Gasteiger partial charge in [-0.1, -0.05) is 30.3 Å².